The Kier molecular flexibility index (Phi) is 6.10. The van der Waals surface area contributed by atoms with E-state index in [9.17, 15) is 4.79 Å². The second-order valence-electron chi connectivity index (χ2n) is 5.74. The van der Waals surface area contributed by atoms with Crippen molar-refractivity contribution in [1.29, 1.82) is 0 Å². The Morgan fingerprint density at radius 3 is 2.42 bits per heavy atom. The van der Waals surface area contributed by atoms with Crippen LogP contribution in [0.1, 0.15) is 25.7 Å². The van der Waals surface area contributed by atoms with Gasteiger partial charge in [0.1, 0.15) is 4.83 Å². The molecule has 19 heavy (non-hydrogen) atoms. The zero-order valence-corrected chi connectivity index (χ0v) is 13.4. The molecule has 2 heterocycles. The van der Waals surface area contributed by atoms with Gasteiger partial charge in [-0.2, -0.15) is 0 Å². The van der Waals surface area contributed by atoms with Gasteiger partial charge in [-0.25, -0.2) is 0 Å². The third-order valence-corrected chi connectivity index (χ3v) is 4.96. The molecule has 0 aliphatic carbocycles. The number of hydrogen-bond acceptors (Lipinski definition) is 4. The summed E-state index contributed by atoms with van der Waals surface area (Å²) >= 11 is 3.40. The van der Waals surface area contributed by atoms with Crippen LogP contribution in [0.4, 0.5) is 0 Å². The molecule has 2 aliphatic heterocycles. The molecule has 1 atom stereocenters. The monoisotopic (exact) mass is 332 g/mol. The molecule has 5 heteroatoms. The number of halogens is 1. The van der Waals surface area contributed by atoms with E-state index in [0.717, 1.165) is 25.6 Å². The van der Waals surface area contributed by atoms with Crippen LogP contribution in [0.25, 0.3) is 0 Å². The maximum atomic E-state index is 11.4. The van der Waals surface area contributed by atoms with Crippen LogP contribution in [0.3, 0.4) is 0 Å². The lowest BCUT2D eigenvalue weighted by Crippen LogP contribution is -2.42. The van der Waals surface area contributed by atoms with Crippen LogP contribution in [0.5, 0.6) is 0 Å². The van der Waals surface area contributed by atoms with Crippen molar-refractivity contribution < 1.29 is 9.53 Å². The van der Waals surface area contributed by atoms with E-state index in [1.807, 2.05) is 0 Å². The van der Waals surface area contributed by atoms with Crippen LogP contribution in [0, 0.1) is 5.92 Å². The molecule has 2 rings (SSSR count). The smallest absolute Gasteiger partial charge is 0.320 e. The zero-order chi connectivity index (χ0) is 13.7. The van der Waals surface area contributed by atoms with Gasteiger partial charge in [0.2, 0.25) is 0 Å². The SMILES string of the molecule is COC(=O)C(Br)CN1CCC(CN2CCCC2)CC1. The molecule has 0 aromatic heterocycles. The van der Waals surface area contributed by atoms with Gasteiger partial charge in [-0.15, -0.1) is 0 Å². The Bertz CT molecular complexity index is 287. The number of nitrogens with zero attached hydrogens (tertiary/aromatic N) is 2. The molecule has 0 spiro atoms. The van der Waals surface area contributed by atoms with Crippen molar-refractivity contribution in [2.45, 2.75) is 30.5 Å². The molecular formula is C14H25BrN2O2. The van der Waals surface area contributed by atoms with Crippen molar-refractivity contribution >= 4 is 21.9 Å². The lowest BCUT2D eigenvalue weighted by molar-refractivity contribution is -0.140. The van der Waals surface area contributed by atoms with Gasteiger partial charge in [-0.3, -0.25) is 4.79 Å². The molecule has 1 unspecified atom stereocenters. The summed E-state index contributed by atoms with van der Waals surface area (Å²) in [6.07, 6.45) is 5.28. The number of alkyl halides is 1. The zero-order valence-electron chi connectivity index (χ0n) is 11.8. The highest BCUT2D eigenvalue weighted by molar-refractivity contribution is 9.10. The highest BCUT2D eigenvalue weighted by atomic mass is 79.9. The number of likely N-dealkylation sites (tertiary alicyclic amines) is 2. The van der Waals surface area contributed by atoms with Crippen molar-refractivity contribution in [3.8, 4) is 0 Å². The topological polar surface area (TPSA) is 32.8 Å². The summed E-state index contributed by atoms with van der Waals surface area (Å²) in [5.74, 6) is 0.681. The number of hydrogen-bond donors (Lipinski definition) is 0. The predicted octanol–water partition coefficient (Wildman–Crippen LogP) is 1.73. The number of rotatable bonds is 5. The first-order valence-corrected chi connectivity index (χ1v) is 8.27. The first-order chi connectivity index (χ1) is 9.19. The van der Waals surface area contributed by atoms with Crippen molar-refractivity contribution in [2.24, 2.45) is 5.92 Å². The van der Waals surface area contributed by atoms with Gasteiger partial charge in [0.15, 0.2) is 0 Å². The fourth-order valence-electron chi connectivity index (χ4n) is 3.11. The molecule has 0 N–H and O–H groups in total. The lowest BCUT2D eigenvalue weighted by atomic mass is 9.96. The second-order valence-corrected chi connectivity index (χ2v) is 6.85. The highest BCUT2D eigenvalue weighted by Crippen LogP contribution is 2.21. The number of piperidine rings is 1. The average Bonchev–Trinajstić information content (AvgIpc) is 2.93. The highest BCUT2D eigenvalue weighted by Gasteiger charge is 2.25. The molecular weight excluding hydrogens is 308 g/mol. The first kappa shape index (κ1) is 15.3. The van der Waals surface area contributed by atoms with E-state index in [2.05, 4.69) is 25.7 Å². The third-order valence-electron chi connectivity index (χ3n) is 4.30. The van der Waals surface area contributed by atoms with Gasteiger partial charge in [-0.05, 0) is 57.8 Å². The van der Waals surface area contributed by atoms with E-state index < -0.39 is 0 Å². The standard InChI is InChI=1S/C14H25BrN2O2/c1-19-14(18)13(15)11-17-8-4-12(5-9-17)10-16-6-2-3-7-16/h12-13H,2-11H2,1H3. The molecule has 110 valence electrons. The number of methoxy groups -OCH3 is 1. The Morgan fingerprint density at radius 1 is 1.21 bits per heavy atom. The largest absolute Gasteiger partial charge is 0.468 e. The normalized spacial score (nSPS) is 24.5. The Hall–Kier alpha value is -0.130. The quantitative estimate of drug-likeness (QED) is 0.567. The van der Waals surface area contributed by atoms with E-state index in [4.69, 9.17) is 4.74 Å². The molecule has 0 aromatic rings. The van der Waals surface area contributed by atoms with Gasteiger partial charge >= 0.3 is 5.97 Å². The summed E-state index contributed by atoms with van der Waals surface area (Å²) < 4.78 is 4.74. The number of ether oxygens (including phenoxy) is 1. The van der Waals surface area contributed by atoms with E-state index in [1.165, 1.54) is 52.4 Å². The van der Waals surface area contributed by atoms with Crippen LogP contribution in [-0.2, 0) is 9.53 Å². The number of carbonyl (C=O) groups excluding carboxylic acids is 1. The maximum Gasteiger partial charge on any atom is 0.320 e. The lowest BCUT2D eigenvalue weighted by Gasteiger charge is -2.34. The molecule has 2 fully saturated rings. The van der Waals surface area contributed by atoms with Crippen molar-refractivity contribution in [3.05, 3.63) is 0 Å². The van der Waals surface area contributed by atoms with Crippen LogP contribution < -0.4 is 0 Å². The fraction of sp³-hybridized carbons (Fsp3) is 0.929. The molecule has 0 saturated carbocycles. The van der Waals surface area contributed by atoms with Gasteiger partial charge in [0.25, 0.3) is 0 Å². The van der Waals surface area contributed by atoms with Crippen molar-refractivity contribution in [3.63, 3.8) is 0 Å². The van der Waals surface area contributed by atoms with Gasteiger partial charge in [0.05, 0.1) is 7.11 Å². The summed E-state index contributed by atoms with van der Waals surface area (Å²) in [6, 6.07) is 0. The minimum Gasteiger partial charge on any atom is -0.468 e. The molecule has 2 saturated heterocycles. The predicted molar refractivity (Wildman–Crippen MR) is 79.6 cm³/mol. The molecule has 0 radical (unpaired) electrons. The van der Waals surface area contributed by atoms with Crippen LogP contribution >= 0.6 is 15.9 Å². The number of esters is 1. The molecule has 0 aromatic carbocycles. The summed E-state index contributed by atoms with van der Waals surface area (Å²) in [4.78, 5) is 16.2. The van der Waals surface area contributed by atoms with Crippen molar-refractivity contribution in [1.82, 2.24) is 9.80 Å². The summed E-state index contributed by atoms with van der Waals surface area (Å²) in [7, 11) is 1.44. The van der Waals surface area contributed by atoms with Crippen LogP contribution in [0.2, 0.25) is 0 Å². The minimum atomic E-state index is -0.187. The van der Waals surface area contributed by atoms with Gasteiger partial charge < -0.3 is 14.5 Å². The fourth-order valence-corrected chi connectivity index (χ4v) is 3.71. The molecule has 0 bridgehead atoms. The summed E-state index contributed by atoms with van der Waals surface area (Å²) in [5, 5.41) is 0. The van der Waals surface area contributed by atoms with Crippen LogP contribution in [0.15, 0.2) is 0 Å². The Morgan fingerprint density at radius 2 is 1.84 bits per heavy atom. The Labute approximate surface area is 124 Å². The van der Waals surface area contributed by atoms with Gasteiger partial charge in [0, 0.05) is 13.1 Å². The maximum absolute atomic E-state index is 11.4. The molecule has 0 amide bonds. The van der Waals surface area contributed by atoms with E-state index in [-0.39, 0.29) is 10.8 Å². The first-order valence-electron chi connectivity index (χ1n) is 7.35. The summed E-state index contributed by atoms with van der Waals surface area (Å²) in [5.41, 5.74) is 0. The van der Waals surface area contributed by atoms with E-state index in [1.54, 1.807) is 0 Å². The minimum absolute atomic E-state index is 0.167. The third kappa shape index (κ3) is 4.72. The van der Waals surface area contributed by atoms with Gasteiger partial charge in [-0.1, -0.05) is 15.9 Å². The average molecular weight is 333 g/mol. The number of carbonyl (C=O) groups is 1. The Balaban J connectivity index is 1.65. The van der Waals surface area contributed by atoms with Crippen molar-refractivity contribution in [2.75, 3.05) is 46.4 Å². The molecule has 2 aliphatic rings. The van der Waals surface area contributed by atoms with E-state index in [0.29, 0.717) is 0 Å². The van der Waals surface area contributed by atoms with Crippen LogP contribution in [-0.4, -0.2) is 67.0 Å². The van der Waals surface area contributed by atoms with E-state index >= 15 is 0 Å². The summed E-state index contributed by atoms with van der Waals surface area (Å²) in [6.45, 7) is 6.86. The molecule has 4 nitrogen and oxygen atoms in total. The second kappa shape index (κ2) is 7.60.